The maximum absolute atomic E-state index is 11.6. The predicted molar refractivity (Wildman–Crippen MR) is 88.9 cm³/mol. The molecule has 0 aliphatic rings. The molecule has 0 radical (unpaired) electrons. The predicted octanol–water partition coefficient (Wildman–Crippen LogP) is 4.04. The summed E-state index contributed by atoms with van der Waals surface area (Å²) in [7, 11) is 0. The van der Waals surface area contributed by atoms with Gasteiger partial charge in [-0.3, -0.25) is 4.79 Å². The maximum atomic E-state index is 11.6. The Balaban J connectivity index is 1.95. The Morgan fingerprint density at radius 2 is 1.90 bits per heavy atom. The molecular weight excluding hydrogens is 302 g/mol. The zero-order valence-electron chi connectivity index (χ0n) is 12.6. The minimum Gasteiger partial charge on any atom is -0.300 e. The summed E-state index contributed by atoms with van der Waals surface area (Å²) in [6.45, 7) is 7.91. The Morgan fingerprint density at radius 3 is 2.52 bits per heavy atom. The Morgan fingerprint density at radius 1 is 1.24 bits per heavy atom. The van der Waals surface area contributed by atoms with Crippen LogP contribution >= 0.6 is 23.1 Å². The third-order valence-corrected chi connectivity index (χ3v) is 4.85. The first-order valence-electron chi connectivity index (χ1n) is 6.78. The maximum Gasteiger partial charge on any atom is 0.228 e. The minimum atomic E-state index is -0.0553. The molecule has 112 valence electrons. The first-order valence-corrected chi connectivity index (χ1v) is 8.58. The smallest absolute Gasteiger partial charge is 0.228 e. The highest BCUT2D eigenvalue weighted by molar-refractivity contribution is 8.00. The molecule has 0 fully saturated rings. The Bertz CT molecular complexity index is 617. The summed E-state index contributed by atoms with van der Waals surface area (Å²) in [5.74, 6) is 0.771. The van der Waals surface area contributed by atoms with Crippen molar-refractivity contribution in [3.8, 4) is 0 Å². The van der Waals surface area contributed by atoms with Gasteiger partial charge in [-0.15, -0.1) is 10.2 Å². The van der Waals surface area contributed by atoms with E-state index >= 15 is 0 Å². The summed E-state index contributed by atoms with van der Waals surface area (Å²) < 4.78 is 0.869. The van der Waals surface area contributed by atoms with Crippen molar-refractivity contribution in [1.29, 1.82) is 0 Å². The summed E-state index contributed by atoms with van der Waals surface area (Å²) in [5.41, 5.74) is 3.82. The molecule has 0 unspecified atom stereocenters. The minimum absolute atomic E-state index is 0.0305. The third kappa shape index (κ3) is 4.82. The van der Waals surface area contributed by atoms with Crippen molar-refractivity contribution in [2.24, 2.45) is 5.92 Å². The number of hydrogen-bond acceptors (Lipinski definition) is 5. The number of hydrogen-bond donors (Lipinski definition) is 1. The van der Waals surface area contributed by atoms with E-state index < -0.39 is 0 Å². The van der Waals surface area contributed by atoms with Crippen molar-refractivity contribution >= 4 is 34.1 Å². The number of carbonyl (C=O) groups excluding carboxylic acids is 1. The Labute approximate surface area is 133 Å². The lowest BCUT2D eigenvalue weighted by molar-refractivity contribution is -0.118. The first kappa shape index (κ1) is 16.0. The average Bonchev–Trinajstić information content (AvgIpc) is 2.83. The highest BCUT2D eigenvalue weighted by Gasteiger charge is 2.11. The average molecular weight is 321 g/mol. The van der Waals surface area contributed by atoms with Crippen LogP contribution in [0.5, 0.6) is 0 Å². The van der Waals surface area contributed by atoms with Gasteiger partial charge in [-0.1, -0.05) is 66.3 Å². The van der Waals surface area contributed by atoms with Crippen molar-refractivity contribution in [2.45, 2.75) is 37.8 Å². The molecule has 2 rings (SSSR count). The number of amides is 1. The van der Waals surface area contributed by atoms with Crippen LogP contribution in [0.25, 0.3) is 0 Å². The molecular formula is C15H19N3OS2. The fraction of sp³-hybridized carbons (Fsp3) is 0.400. The van der Waals surface area contributed by atoms with E-state index in [-0.39, 0.29) is 11.8 Å². The van der Waals surface area contributed by atoms with Crippen LogP contribution in [0, 0.1) is 19.8 Å². The number of rotatable bonds is 5. The van der Waals surface area contributed by atoms with Crippen LogP contribution in [0.15, 0.2) is 22.5 Å². The standard InChI is InChI=1S/C15H19N3OS2/c1-9(2)13(19)16-14-17-18-15(21-14)20-8-12-6-10(3)5-11(4)7-12/h5-7,9H,8H2,1-4H3,(H,16,17,19). The zero-order chi connectivity index (χ0) is 15.4. The molecule has 0 saturated heterocycles. The lowest BCUT2D eigenvalue weighted by atomic mass is 10.1. The molecule has 21 heavy (non-hydrogen) atoms. The van der Waals surface area contributed by atoms with Crippen LogP contribution in [0.2, 0.25) is 0 Å². The van der Waals surface area contributed by atoms with E-state index in [1.807, 2.05) is 13.8 Å². The van der Waals surface area contributed by atoms with Crippen LogP contribution in [0.3, 0.4) is 0 Å². The number of benzene rings is 1. The van der Waals surface area contributed by atoms with Crippen molar-refractivity contribution in [2.75, 3.05) is 5.32 Å². The fourth-order valence-corrected chi connectivity index (χ4v) is 3.55. The van der Waals surface area contributed by atoms with E-state index in [0.717, 1.165) is 10.1 Å². The second kappa shape index (κ2) is 7.04. The van der Waals surface area contributed by atoms with E-state index in [0.29, 0.717) is 5.13 Å². The lowest BCUT2D eigenvalue weighted by Gasteiger charge is -2.03. The van der Waals surface area contributed by atoms with Gasteiger partial charge in [0.25, 0.3) is 0 Å². The Kier molecular flexibility index (Phi) is 5.36. The summed E-state index contributed by atoms with van der Waals surface area (Å²) in [4.78, 5) is 11.6. The van der Waals surface area contributed by atoms with Gasteiger partial charge in [0.1, 0.15) is 0 Å². The topological polar surface area (TPSA) is 54.9 Å². The van der Waals surface area contributed by atoms with E-state index in [9.17, 15) is 4.79 Å². The van der Waals surface area contributed by atoms with Crippen LogP contribution in [0.4, 0.5) is 5.13 Å². The van der Waals surface area contributed by atoms with E-state index in [2.05, 4.69) is 47.6 Å². The van der Waals surface area contributed by atoms with E-state index in [1.54, 1.807) is 11.8 Å². The molecule has 0 saturated carbocycles. The van der Waals surface area contributed by atoms with Gasteiger partial charge >= 0.3 is 0 Å². The molecule has 0 bridgehead atoms. The monoisotopic (exact) mass is 321 g/mol. The second-order valence-corrected chi connectivity index (χ2v) is 7.50. The van der Waals surface area contributed by atoms with Crippen LogP contribution in [0.1, 0.15) is 30.5 Å². The van der Waals surface area contributed by atoms with Gasteiger partial charge in [-0.05, 0) is 19.4 Å². The van der Waals surface area contributed by atoms with Gasteiger partial charge in [0.15, 0.2) is 4.34 Å². The van der Waals surface area contributed by atoms with E-state index in [4.69, 9.17) is 0 Å². The van der Waals surface area contributed by atoms with Crippen molar-refractivity contribution < 1.29 is 4.79 Å². The van der Waals surface area contributed by atoms with Gasteiger partial charge in [0, 0.05) is 11.7 Å². The molecule has 2 aromatic rings. The SMILES string of the molecule is Cc1cc(C)cc(CSc2nnc(NC(=O)C(C)C)s2)c1. The van der Waals surface area contributed by atoms with Crippen molar-refractivity contribution in [3.63, 3.8) is 0 Å². The Hall–Kier alpha value is -1.40. The molecule has 0 spiro atoms. The fourth-order valence-electron chi connectivity index (χ4n) is 1.87. The summed E-state index contributed by atoms with van der Waals surface area (Å²) in [6, 6.07) is 6.53. The molecule has 0 aliphatic carbocycles. The molecule has 4 nitrogen and oxygen atoms in total. The van der Waals surface area contributed by atoms with Crippen molar-refractivity contribution in [3.05, 3.63) is 34.9 Å². The van der Waals surface area contributed by atoms with Gasteiger partial charge < -0.3 is 5.32 Å². The van der Waals surface area contributed by atoms with Crippen molar-refractivity contribution in [1.82, 2.24) is 10.2 Å². The number of nitrogens with one attached hydrogen (secondary N) is 1. The quantitative estimate of drug-likeness (QED) is 0.667. The third-order valence-electron chi connectivity index (χ3n) is 2.80. The molecule has 1 N–H and O–H groups in total. The van der Waals surface area contributed by atoms with Gasteiger partial charge in [-0.2, -0.15) is 0 Å². The molecule has 1 heterocycles. The highest BCUT2D eigenvalue weighted by atomic mass is 32.2. The molecule has 6 heteroatoms. The van der Waals surface area contributed by atoms with E-state index in [1.165, 1.54) is 28.0 Å². The summed E-state index contributed by atoms with van der Waals surface area (Å²) >= 11 is 3.06. The number of aromatic nitrogens is 2. The molecule has 0 atom stereocenters. The first-order chi connectivity index (χ1) is 9.94. The van der Waals surface area contributed by atoms with Crippen LogP contribution in [-0.4, -0.2) is 16.1 Å². The summed E-state index contributed by atoms with van der Waals surface area (Å²) in [5, 5.41) is 11.4. The number of carbonyl (C=O) groups is 1. The molecule has 1 aromatic carbocycles. The van der Waals surface area contributed by atoms with Crippen LogP contribution in [-0.2, 0) is 10.5 Å². The lowest BCUT2D eigenvalue weighted by Crippen LogP contribution is -2.17. The van der Waals surface area contributed by atoms with Gasteiger partial charge in [0.05, 0.1) is 0 Å². The molecule has 1 aromatic heterocycles. The zero-order valence-corrected chi connectivity index (χ0v) is 14.3. The van der Waals surface area contributed by atoms with Crippen LogP contribution < -0.4 is 5.32 Å². The second-order valence-electron chi connectivity index (χ2n) is 5.30. The highest BCUT2D eigenvalue weighted by Crippen LogP contribution is 2.29. The summed E-state index contributed by atoms with van der Waals surface area (Å²) in [6.07, 6.45) is 0. The number of anilines is 1. The largest absolute Gasteiger partial charge is 0.300 e. The van der Waals surface area contributed by atoms with Gasteiger partial charge in [-0.25, -0.2) is 0 Å². The number of nitrogens with zero attached hydrogens (tertiary/aromatic N) is 2. The molecule has 0 aliphatic heterocycles. The number of thioether (sulfide) groups is 1. The normalized spacial score (nSPS) is 10.9. The number of aryl methyl sites for hydroxylation is 2. The van der Waals surface area contributed by atoms with Gasteiger partial charge in [0.2, 0.25) is 11.0 Å². The molecule has 1 amide bonds.